The van der Waals surface area contributed by atoms with Crippen molar-refractivity contribution in [1.29, 1.82) is 0 Å². The normalized spacial score (nSPS) is 19.2. The van der Waals surface area contributed by atoms with E-state index in [0.717, 1.165) is 82.0 Å². The maximum Gasteiger partial charge on any atom is 0.231 e. The number of hydrogen-bond acceptors (Lipinski definition) is 8. The van der Waals surface area contributed by atoms with E-state index in [1.165, 1.54) is 27.8 Å². The molecular weight excluding hydrogens is 660 g/mol. The molecule has 0 bridgehead atoms. The number of rotatable bonds is 11. The fraction of sp³-hybridized carbons (Fsp3) is 0.429. The molecule has 0 unspecified atom stereocenters. The van der Waals surface area contributed by atoms with Crippen molar-refractivity contribution in [3.8, 4) is 51.7 Å². The van der Waals surface area contributed by atoms with Crippen LogP contribution in [0.4, 0.5) is 0 Å². The van der Waals surface area contributed by atoms with E-state index in [1.54, 1.807) is 35.5 Å². The zero-order valence-electron chi connectivity index (χ0n) is 32.0. The number of quaternary nitrogens is 2. The second-order valence-corrected chi connectivity index (χ2v) is 15.1. The van der Waals surface area contributed by atoms with Crippen molar-refractivity contribution in [3.63, 3.8) is 0 Å². The van der Waals surface area contributed by atoms with Gasteiger partial charge < -0.3 is 46.9 Å². The van der Waals surface area contributed by atoms with Gasteiger partial charge in [0.1, 0.15) is 17.8 Å². The highest BCUT2D eigenvalue weighted by molar-refractivity contribution is 5.62. The lowest BCUT2D eigenvalue weighted by Crippen LogP contribution is -2.48. The van der Waals surface area contributed by atoms with Crippen LogP contribution in [0.3, 0.4) is 0 Å². The first-order chi connectivity index (χ1) is 25.0. The zero-order valence-corrected chi connectivity index (χ0v) is 32.0. The highest BCUT2D eigenvalue weighted by atomic mass is 16.7. The largest absolute Gasteiger partial charge is 0.493 e. The average Bonchev–Trinajstić information content (AvgIpc) is 3.61. The smallest absolute Gasteiger partial charge is 0.231 e. The van der Waals surface area contributed by atoms with Gasteiger partial charge in [-0.1, -0.05) is 18.2 Å². The van der Waals surface area contributed by atoms with E-state index in [9.17, 15) is 0 Å². The van der Waals surface area contributed by atoms with Gasteiger partial charge in [0.2, 0.25) is 18.3 Å². The number of nitrogens with zero attached hydrogens (tertiary/aromatic N) is 2. The second-order valence-electron chi connectivity index (χ2n) is 15.1. The Kier molecular flexibility index (Phi) is 9.56. The molecule has 3 aliphatic rings. The van der Waals surface area contributed by atoms with Crippen molar-refractivity contribution in [3.05, 3.63) is 88.0 Å². The summed E-state index contributed by atoms with van der Waals surface area (Å²) in [5.74, 6) is 6.48. The minimum absolute atomic E-state index is 0.158. The predicted octanol–water partition coefficient (Wildman–Crippen LogP) is 7.08. The Labute approximate surface area is 307 Å². The molecule has 3 aliphatic heterocycles. The Morgan fingerprint density at radius 3 is 1.77 bits per heavy atom. The molecule has 7 rings (SSSR count). The van der Waals surface area contributed by atoms with Crippen LogP contribution in [0.1, 0.15) is 45.5 Å². The van der Waals surface area contributed by atoms with Crippen molar-refractivity contribution in [1.82, 2.24) is 0 Å². The number of benzene rings is 4. The minimum atomic E-state index is 0.158. The van der Waals surface area contributed by atoms with Gasteiger partial charge in [0.05, 0.1) is 76.8 Å². The van der Waals surface area contributed by atoms with E-state index in [2.05, 4.69) is 76.7 Å². The summed E-state index contributed by atoms with van der Waals surface area (Å²) in [5.41, 5.74) is 7.25. The summed E-state index contributed by atoms with van der Waals surface area (Å²) in [6.07, 6.45) is 3.46. The summed E-state index contributed by atoms with van der Waals surface area (Å²) in [4.78, 5) is 0. The number of fused-ring (bicyclic) bond motifs is 3. The lowest BCUT2D eigenvalue weighted by Gasteiger charge is -2.43. The van der Waals surface area contributed by atoms with Crippen molar-refractivity contribution >= 4 is 0 Å². The van der Waals surface area contributed by atoms with Crippen LogP contribution in [-0.4, -0.2) is 92.6 Å². The van der Waals surface area contributed by atoms with Crippen molar-refractivity contribution in [2.75, 3.05) is 83.6 Å². The maximum absolute atomic E-state index is 6.54. The van der Waals surface area contributed by atoms with E-state index >= 15 is 0 Å². The third kappa shape index (κ3) is 6.32. The van der Waals surface area contributed by atoms with Crippen LogP contribution in [0.2, 0.25) is 0 Å². The molecule has 0 radical (unpaired) electrons. The fourth-order valence-corrected chi connectivity index (χ4v) is 8.40. The van der Waals surface area contributed by atoms with E-state index in [4.69, 9.17) is 37.9 Å². The fourth-order valence-electron chi connectivity index (χ4n) is 8.40. The van der Waals surface area contributed by atoms with E-state index in [1.807, 2.05) is 6.07 Å². The van der Waals surface area contributed by atoms with E-state index < -0.39 is 0 Å². The summed E-state index contributed by atoms with van der Waals surface area (Å²) >= 11 is 0. The maximum atomic E-state index is 6.54. The standard InChI is InChI=1S/C42H52N2O8/c1-43(2)19-17-30-32(24-38-42(40(30)48-8)51-25-50-38)33(43)20-26-10-13-28(14-11-26)52-36-22-27(12-15-35(36)45-5)21-34-31-23-37(46-6)41(49-9)39(47-7)29(31)16-18-44(34,3)4/h10-15,22-24,33-34H,16-21,25H2,1-9H3/q+2/t33-,34-/m0/s1. The van der Waals surface area contributed by atoms with Crippen LogP contribution < -0.4 is 37.9 Å². The van der Waals surface area contributed by atoms with Crippen LogP contribution in [0, 0.1) is 0 Å². The van der Waals surface area contributed by atoms with Gasteiger partial charge in [-0.15, -0.1) is 0 Å². The molecule has 10 heteroatoms. The molecule has 0 saturated carbocycles. The SMILES string of the molecule is COc1ccc(C[C@H]2c3cc(OC)c(OC)c(OC)c3CC[N+]2(C)C)cc1Oc1ccc(C[C@H]2c3cc4c(c(OC)c3CC[N+]2(C)C)OCO4)cc1. The molecule has 0 fully saturated rings. The van der Waals surface area contributed by atoms with Crippen molar-refractivity contribution in [2.24, 2.45) is 0 Å². The highest BCUT2D eigenvalue weighted by Gasteiger charge is 2.41. The first-order valence-electron chi connectivity index (χ1n) is 17.9. The Morgan fingerprint density at radius 2 is 1.15 bits per heavy atom. The minimum Gasteiger partial charge on any atom is -0.493 e. The second kappa shape index (κ2) is 14.0. The summed E-state index contributed by atoms with van der Waals surface area (Å²) in [5, 5.41) is 0. The molecule has 2 atom stereocenters. The van der Waals surface area contributed by atoms with Gasteiger partial charge in [0, 0.05) is 47.9 Å². The van der Waals surface area contributed by atoms with Gasteiger partial charge in [0.15, 0.2) is 34.5 Å². The van der Waals surface area contributed by atoms with Gasteiger partial charge in [-0.2, -0.15) is 0 Å². The molecule has 276 valence electrons. The molecule has 4 aromatic carbocycles. The number of methoxy groups -OCH3 is 5. The van der Waals surface area contributed by atoms with Gasteiger partial charge in [-0.3, -0.25) is 0 Å². The third-order valence-corrected chi connectivity index (χ3v) is 11.4. The van der Waals surface area contributed by atoms with Crippen LogP contribution in [-0.2, 0) is 25.7 Å². The number of ether oxygens (including phenoxy) is 8. The van der Waals surface area contributed by atoms with Crippen LogP contribution in [0.15, 0.2) is 54.6 Å². The van der Waals surface area contributed by atoms with E-state index in [0.29, 0.717) is 23.0 Å². The first-order valence-corrected chi connectivity index (χ1v) is 17.9. The molecule has 0 aliphatic carbocycles. The molecule has 0 saturated heterocycles. The molecular formula is C42H52N2O8+2. The molecule has 4 aromatic rings. The van der Waals surface area contributed by atoms with Gasteiger partial charge in [-0.25, -0.2) is 0 Å². The van der Waals surface area contributed by atoms with E-state index in [-0.39, 0.29) is 18.9 Å². The molecule has 0 aromatic heterocycles. The Hall–Kier alpha value is -4.80. The van der Waals surface area contributed by atoms with Crippen LogP contribution >= 0.6 is 0 Å². The summed E-state index contributed by atoms with van der Waals surface area (Å²) in [7, 11) is 17.6. The molecule has 0 amide bonds. The Morgan fingerprint density at radius 1 is 0.577 bits per heavy atom. The molecule has 3 heterocycles. The first kappa shape index (κ1) is 35.6. The Balaban J connectivity index is 1.14. The molecule has 10 nitrogen and oxygen atoms in total. The average molecular weight is 713 g/mol. The van der Waals surface area contributed by atoms with Gasteiger partial charge in [0.25, 0.3) is 0 Å². The lowest BCUT2D eigenvalue weighted by atomic mass is 9.86. The summed E-state index contributed by atoms with van der Waals surface area (Å²) in [6.45, 7) is 2.19. The van der Waals surface area contributed by atoms with Crippen LogP contribution in [0.25, 0.3) is 0 Å². The summed E-state index contributed by atoms with van der Waals surface area (Å²) in [6, 6.07) is 19.3. The predicted molar refractivity (Wildman–Crippen MR) is 199 cm³/mol. The quantitative estimate of drug-likeness (QED) is 0.153. The highest BCUT2D eigenvalue weighted by Crippen LogP contribution is 2.51. The number of hydrogen-bond donors (Lipinski definition) is 0. The summed E-state index contributed by atoms with van der Waals surface area (Å²) < 4.78 is 48.8. The topological polar surface area (TPSA) is 73.8 Å². The number of likely N-dealkylation sites (N-methyl/N-ethyl adjacent to an activating group) is 2. The molecule has 0 spiro atoms. The molecule has 52 heavy (non-hydrogen) atoms. The van der Waals surface area contributed by atoms with Crippen LogP contribution in [0.5, 0.6) is 51.7 Å². The Bertz CT molecular complexity index is 1960. The van der Waals surface area contributed by atoms with Crippen molar-refractivity contribution in [2.45, 2.75) is 37.8 Å². The lowest BCUT2D eigenvalue weighted by molar-refractivity contribution is -0.923. The zero-order chi connectivity index (χ0) is 36.8. The third-order valence-electron chi connectivity index (χ3n) is 11.4. The van der Waals surface area contributed by atoms with Crippen molar-refractivity contribution < 1.29 is 46.9 Å². The van der Waals surface area contributed by atoms with Gasteiger partial charge in [-0.05, 0) is 47.5 Å². The monoisotopic (exact) mass is 712 g/mol. The van der Waals surface area contributed by atoms with Gasteiger partial charge >= 0.3 is 0 Å². The molecule has 0 N–H and O–H groups in total.